The number of carbonyl (C=O) groups is 2. The van der Waals surface area contributed by atoms with Crippen molar-refractivity contribution < 1.29 is 37.6 Å². The lowest BCUT2D eigenvalue weighted by molar-refractivity contribution is -0.161. The highest BCUT2D eigenvalue weighted by Crippen LogP contribution is 2.43. The van der Waals surface area contributed by atoms with E-state index in [1.54, 1.807) is 0 Å². The second kappa shape index (κ2) is 65.4. The van der Waals surface area contributed by atoms with E-state index in [4.69, 9.17) is 24.3 Å². The molecule has 0 rings (SSSR count). The van der Waals surface area contributed by atoms with Crippen LogP contribution in [0.4, 0.5) is 0 Å². The number of rotatable bonds is 66. The highest BCUT2D eigenvalue weighted by atomic mass is 31.2. The van der Waals surface area contributed by atoms with Gasteiger partial charge in [0, 0.05) is 19.4 Å². The molecule has 0 aliphatic carbocycles. The van der Waals surface area contributed by atoms with Gasteiger partial charge in [-0.1, -0.05) is 314 Å². The molecule has 0 saturated carbocycles. The van der Waals surface area contributed by atoms with Gasteiger partial charge in [-0.2, -0.15) is 0 Å². The van der Waals surface area contributed by atoms with E-state index in [2.05, 4.69) is 50.3 Å². The van der Waals surface area contributed by atoms with Crippen molar-refractivity contribution in [3.63, 3.8) is 0 Å². The van der Waals surface area contributed by atoms with Crippen molar-refractivity contribution in [1.29, 1.82) is 0 Å². The summed E-state index contributed by atoms with van der Waals surface area (Å²) in [6.45, 7) is 3.80. The first-order valence-electron chi connectivity index (χ1n) is 34.5. The van der Waals surface area contributed by atoms with Crippen LogP contribution >= 0.6 is 7.82 Å². The fourth-order valence-corrected chi connectivity index (χ4v) is 11.1. The molecule has 466 valence electrons. The van der Waals surface area contributed by atoms with Gasteiger partial charge in [0.25, 0.3) is 0 Å². The van der Waals surface area contributed by atoms with Gasteiger partial charge in [0.05, 0.1) is 13.2 Å². The first-order chi connectivity index (χ1) is 38.8. The van der Waals surface area contributed by atoms with Gasteiger partial charge in [-0.15, -0.1) is 0 Å². The molecule has 0 amide bonds. The first-order valence-corrected chi connectivity index (χ1v) is 36.0. The molecule has 0 saturated heterocycles. The van der Waals surface area contributed by atoms with Gasteiger partial charge in [-0.3, -0.25) is 18.6 Å². The zero-order chi connectivity index (χ0) is 57.3. The van der Waals surface area contributed by atoms with E-state index >= 15 is 0 Å². The average Bonchev–Trinajstić information content (AvgIpc) is 3.44. The van der Waals surface area contributed by atoms with Crippen molar-refractivity contribution in [3.8, 4) is 0 Å². The van der Waals surface area contributed by atoms with E-state index in [1.165, 1.54) is 283 Å². The molecule has 0 aromatic rings. The maximum atomic E-state index is 12.7. The van der Waals surface area contributed by atoms with Crippen molar-refractivity contribution in [2.24, 2.45) is 5.73 Å². The number of carbonyl (C=O) groups excluding carboxylic acids is 2. The molecule has 10 heteroatoms. The summed E-state index contributed by atoms with van der Waals surface area (Å²) >= 11 is 0. The molecule has 0 aliphatic heterocycles. The number of phosphoric acid groups is 1. The Morgan fingerprint density at radius 1 is 0.380 bits per heavy atom. The molecule has 0 bridgehead atoms. The summed E-state index contributed by atoms with van der Waals surface area (Å²) in [4.78, 5) is 35.3. The predicted octanol–water partition coefficient (Wildman–Crippen LogP) is 22.3. The molecule has 0 spiro atoms. The van der Waals surface area contributed by atoms with Crippen LogP contribution < -0.4 is 5.73 Å². The summed E-state index contributed by atoms with van der Waals surface area (Å²) in [6.07, 6.45) is 81.0. The lowest BCUT2D eigenvalue weighted by Gasteiger charge is -2.19. The first kappa shape index (κ1) is 77.2. The average molecular weight is 1130 g/mol. The SMILES string of the molecule is CCCCCCC/C=C\C/C=C\CCCCCCCCCCCCCCCC(=O)OC(COC(=O)CCCCCCCCCCCCCCCCCCCCCCC/C=C\CCCCCCCCCC)COP(=O)(O)OCCN. The molecule has 9 nitrogen and oxygen atoms in total. The molecule has 2 unspecified atom stereocenters. The van der Waals surface area contributed by atoms with Crippen molar-refractivity contribution in [2.75, 3.05) is 26.4 Å². The zero-order valence-electron chi connectivity index (χ0n) is 52.4. The van der Waals surface area contributed by atoms with Crippen LogP contribution in [0.15, 0.2) is 36.5 Å². The Kier molecular flexibility index (Phi) is 63.9. The molecule has 0 aliphatic rings. The van der Waals surface area contributed by atoms with Gasteiger partial charge in [0.2, 0.25) is 0 Å². The van der Waals surface area contributed by atoms with E-state index in [0.717, 1.165) is 44.9 Å². The summed E-state index contributed by atoms with van der Waals surface area (Å²) < 4.78 is 33.2. The van der Waals surface area contributed by atoms with E-state index < -0.39 is 26.5 Å². The van der Waals surface area contributed by atoms with Crippen molar-refractivity contribution in [2.45, 2.75) is 367 Å². The van der Waals surface area contributed by atoms with Gasteiger partial charge < -0.3 is 20.1 Å². The normalized spacial score (nSPS) is 13.1. The van der Waals surface area contributed by atoms with Crippen LogP contribution in [0.3, 0.4) is 0 Å². The Balaban J connectivity index is 3.82. The monoisotopic (exact) mass is 1130 g/mol. The van der Waals surface area contributed by atoms with Crippen LogP contribution in [0.1, 0.15) is 361 Å². The number of esters is 2. The van der Waals surface area contributed by atoms with Crippen LogP contribution in [0.5, 0.6) is 0 Å². The van der Waals surface area contributed by atoms with E-state index in [0.29, 0.717) is 6.42 Å². The molecule has 0 fully saturated rings. The molecule has 0 aromatic heterocycles. The quantitative estimate of drug-likeness (QED) is 0.0264. The molecule has 3 N–H and O–H groups in total. The Morgan fingerprint density at radius 2 is 0.658 bits per heavy atom. The highest BCUT2D eigenvalue weighted by molar-refractivity contribution is 7.47. The third kappa shape index (κ3) is 65.3. The van der Waals surface area contributed by atoms with E-state index in [-0.39, 0.29) is 38.6 Å². The fourth-order valence-electron chi connectivity index (χ4n) is 10.4. The summed E-state index contributed by atoms with van der Waals surface area (Å²) in [7, 11) is -4.39. The number of hydrogen-bond acceptors (Lipinski definition) is 8. The van der Waals surface area contributed by atoms with Crippen molar-refractivity contribution in [3.05, 3.63) is 36.5 Å². The van der Waals surface area contributed by atoms with Crippen molar-refractivity contribution >= 4 is 19.8 Å². The summed E-state index contributed by atoms with van der Waals surface area (Å²) in [5.41, 5.74) is 5.40. The third-order valence-corrected chi connectivity index (χ3v) is 16.5. The topological polar surface area (TPSA) is 134 Å². The molecule has 0 heterocycles. The number of nitrogens with two attached hydrogens (primary N) is 1. The molecule has 0 aromatic carbocycles. The minimum absolute atomic E-state index is 0.0552. The van der Waals surface area contributed by atoms with E-state index in [1.807, 2.05) is 0 Å². The highest BCUT2D eigenvalue weighted by Gasteiger charge is 2.26. The maximum absolute atomic E-state index is 12.7. The largest absolute Gasteiger partial charge is 0.472 e. The Morgan fingerprint density at radius 3 is 0.975 bits per heavy atom. The number of ether oxygens (including phenoxy) is 2. The standard InChI is InChI=1S/C69H132NO8P/c1-3-5-7-9-11-13-15-17-19-21-23-25-27-29-30-31-32-33-34-35-36-38-39-41-43-45-47-49-51-53-55-57-59-61-68(71)75-65-67(66-77-79(73,74)76-64-63-70)78-69(72)62-60-58-56-54-52-50-48-46-44-42-40-37-28-26-24-22-20-18-16-14-12-10-8-6-4-2/h16,18,21-24,67H,3-15,17,19-20,25-66,70H2,1-2H3,(H,73,74)/b18-16-,23-21-,24-22-. The lowest BCUT2D eigenvalue weighted by atomic mass is 10.0. The zero-order valence-corrected chi connectivity index (χ0v) is 53.3. The smallest absolute Gasteiger partial charge is 0.462 e. The minimum atomic E-state index is -4.39. The van der Waals surface area contributed by atoms with Crippen LogP contribution in [0, 0.1) is 0 Å². The summed E-state index contributed by atoms with van der Waals surface area (Å²) in [5.74, 6) is -0.809. The third-order valence-electron chi connectivity index (χ3n) is 15.5. The second-order valence-electron chi connectivity index (χ2n) is 23.4. The summed E-state index contributed by atoms with van der Waals surface area (Å²) in [5, 5.41) is 0. The van der Waals surface area contributed by atoms with Crippen LogP contribution in [0.2, 0.25) is 0 Å². The lowest BCUT2D eigenvalue weighted by Crippen LogP contribution is -2.29. The van der Waals surface area contributed by atoms with Crippen LogP contribution in [-0.2, 0) is 32.7 Å². The van der Waals surface area contributed by atoms with Crippen molar-refractivity contribution in [1.82, 2.24) is 0 Å². The fraction of sp³-hybridized carbons (Fsp3) is 0.884. The Bertz CT molecular complexity index is 1390. The van der Waals surface area contributed by atoms with Gasteiger partial charge in [-0.25, -0.2) is 4.57 Å². The number of hydrogen-bond donors (Lipinski definition) is 2. The van der Waals surface area contributed by atoms with Crippen LogP contribution in [0.25, 0.3) is 0 Å². The predicted molar refractivity (Wildman–Crippen MR) is 340 cm³/mol. The Labute approximate surface area is 490 Å². The minimum Gasteiger partial charge on any atom is -0.462 e. The van der Waals surface area contributed by atoms with E-state index in [9.17, 15) is 19.0 Å². The van der Waals surface area contributed by atoms with Gasteiger partial charge in [-0.05, 0) is 70.6 Å². The van der Waals surface area contributed by atoms with Gasteiger partial charge >= 0.3 is 19.8 Å². The summed E-state index contributed by atoms with van der Waals surface area (Å²) in [6, 6.07) is 0. The molecule has 0 radical (unpaired) electrons. The van der Waals surface area contributed by atoms with Gasteiger partial charge in [0.1, 0.15) is 6.61 Å². The molecular formula is C69H132NO8P. The number of allylic oxidation sites excluding steroid dienone is 6. The number of phosphoric ester groups is 1. The molecular weight excluding hydrogens is 1000 g/mol. The Hall–Kier alpha value is -1.77. The molecule has 79 heavy (non-hydrogen) atoms. The second-order valence-corrected chi connectivity index (χ2v) is 24.8. The number of unbranched alkanes of at least 4 members (excludes halogenated alkanes) is 47. The maximum Gasteiger partial charge on any atom is 0.472 e. The van der Waals surface area contributed by atoms with Gasteiger partial charge in [0.15, 0.2) is 6.10 Å². The van der Waals surface area contributed by atoms with Crippen LogP contribution in [-0.4, -0.2) is 49.3 Å². The molecule has 2 atom stereocenters.